The maximum atomic E-state index is 12.5. The largest absolute Gasteiger partial charge is 0.466 e. The van der Waals surface area contributed by atoms with Gasteiger partial charge in [-0.05, 0) is 57.0 Å². The van der Waals surface area contributed by atoms with Crippen LogP contribution >= 0.6 is 43.2 Å². The molecule has 2 aromatic heterocycles. The topological polar surface area (TPSA) is 91.7 Å². The van der Waals surface area contributed by atoms with Gasteiger partial charge in [0.2, 0.25) is 0 Å². The van der Waals surface area contributed by atoms with Gasteiger partial charge in [0, 0.05) is 4.47 Å². The zero-order valence-electron chi connectivity index (χ0n) is 11.6. The molecular weight excluding hydrogens is 454 g/mol. The Kier molecular flexibility index (Phi) is 4.07. The third kappa shape index (κ3) is 2.70. The van der Waals surface area contributed by atoms with Gasteiger partial charge in [0.15, 0.2) is 5.54 Å². The smallest absolute Gasteiger partial charge is 0.344 e. The Hall–Kier alpha value is -1.65. The monoisotopic (exact) mass is 461 g/mol. The first kappa shape index (κ1) is 16.2. The van der Waals surface area contributed by atoms with Crippen LogP contribution in [-0.2, 0) is 10.3 Å². The van der Waals surface area contributed by atoms with Crippen molar-refractivity contribution in [2.45, 2.75) is 12.5 Å². The van der Waals surface area contributed by atoms with Crippen molar-refractivity contribution in [1.82, 2.24) is 15.8 Å². The number of amides is 4. The van der Waals surface area contributed by atoms with Crippen molar-refractivity contribution in [3.05, 3.63) is 43.4 Å². The van der Waals surface area contributed by atoms with Crippen LogP contribution in [-0.4, -0.2) is 22.9 Å². The second-order valence-corrected chi connectivity index (χ2v) is 8.07. The lowest BCUT2D eigenvalue weighted by Crippen LogP contribution is -2.47. The maximum absolute atomic E-state index is 12.5. The van der Waals surface area contributed by atoms with Crippen molar-refractivity contribution in [3.63, 3.8) is 0 Å². The molecule has 23 heavy (non-hydrogen) atoms. The number of carbonyl (C=O) groups excluding carboxylic acids is 3. The van der Waals surface area contributed by atoms with Gasteiger partial charge in [0.1, 0.15) is 5.76 Å². The Morgan fingerprint density at radius 3 is 2.74 bits per heavy atom. The predicted octanol–water partition coefficient (Wildman–Crippen LogP) is 2.98. The van der Waals surface area contributed by atoms with E-state index in [1.807, 2.05) is 0 Å². The molecule has 0 unspecified atom stereocenters. The van der Waals surface area contributed by atoms with Crippen molar-refractivity contribution in [1.29, 1.82) is 0 Å². The van der Waals surface area contributed by atoms with E-state index in [-0.39, 0.29) is 5.76 Å². The van der Waals surface area contributed by atoms with Crippen LogP contribution in [0.25, 0.3) is 0 Å². The lowest BCUT2D eigenvalue weighted by atomic mass is 10.00. The van der Waals surface area contributed by atoms with Crippen molar-refractivity contribution in [2.24, 2.45) is 0 Å². The molecule has 7 nitrogen and oxygen atoms in total. The molecule has 0 radical (unpaired) electrons. The molecule has 0 aliphatic carbocycles. The number of halogens is 2. The summed E-state index contributed by atoms with van der Waals surface area (Å²) < 4.78 is 6.66. The summed E-state index contributed by atoms with van der Waals surface area (Å²) in [6.07, 6.45) is 1.40. The van der Waals surface area contributed by atoms with Crippen LogP contribution in [0.3, 0.4) is 0 Å². The van der Waals surface area contributed by atoms with Crippen molar-refractivity contribution in [3.8, 4) is 0 Å². The lowest BCUT2D eigenvalue weighted by Gasteiger charge is -2.18. The molecule has 1 fully saturated rings. The summed E-state index contributed by atoms with van der Waals surface area (Å²) in [6.45, 7) is 1.51. The van der Waals surface area contributed by atoms with E-state index in [0.29, 0.717) is 14.4 Å². The molecule has 0 aromatic carbocycles. The average molecular weight is 463 g/mol. The van der Waals surface area contributed by atoms with E-state index >= 15 is 0 Å². The number of imide groups is 1. The first-order valence-electron chi connectivity index (χ1n) is 6.29. The summed E-state index contributed by atoms with van der Waals surface area (Å²) in [5.41, 5.74) is 0.956. The summed E-state index contributed by atoms with van der Waals surface area (Å²) in [5.74, 6) is -0.900. The van der Waals surface area contributed by atoms with E-state index in [1.54, 1.807) is 18.2 Å². The van der Waals surface area contributed by atoms with Gasteiger partial charge in [-0.3, -0.25) is 15.0 Å². The minimum absolute atomic E-state index is 0.286. The maximum Gasteiger partial charge on any atom is 0.344 e. The Balaban J connectivity index is 1.82. The third-order valence-electron chi connectivity index (χ3n) is 3.29. The molecule has 0 spiro atoms. The fourth-order valence-corrected chi connectivity index (χ4v) is 4.01. The molecule has 120 valence electrons. The number of rotatable bonds is 3. The Morgan fingerprint density at radius 1 is 1.43 bits per heavy atom. The van der Waals surface area contributed by atoms with E-state index in [4.69, 9.17) is 4.42 Å². The number of nitrogens with one attached hydrogen (secondary N) is 2. The van der Waals surface area contributed by atoms with Gasteiger partial charge in [0.25, 0.3) is 11.8 Å². The van der Waals surface area contributed by atoms with Crippen molar-refractivity contribution in [2.75, 3.05) is 0 Å². The molecule has 4 amide bonds. The second kappa shape index (κ2) is 5.77. The van der Waals surface area contributed by atoms with Gasteiger partial charge in [-0.25, -0.2) is 4.79 Å². The van der Waals surface area contributed by atoms with Gasteiger partial charge in [-0.15, -0.1) is 11.3 Å². The Bertz CT molecular complexity index is 785. The highest BCUT2D eigenvalue weighted by molar-refractivity contribution is 9.13. The van der Waals surface area contributed by atoms with Crippen molar-refractivity contribution < 1.29 is 18.8 Å². The number of furan rings is 1. The SMILES string of the molecule is C[C@]1(c2ccco2)NC(=O)N(NC(=O)c2cc(Br)c(Br)s2)C1=O. The Labute approximate surface area is 151 Å². The van der Waals surface area contributed by atoms with Gasteiger partial charge in [-0.1, -0.05) is 0 Å². The molecule has 10 heteroatoms. The highest BCUT2D eigenvalue weighted by Gasteiger charge is 2.52. The number of hydrogen-bond acceptors (Lipinski definition) is 5. The zero-order valence-corrected chi connectivity index (χ0v) is 15.5. The van der Waals surface area contributed by atoms with Crippen molar-refractivity contribution >= 4 is 61.0 Å². The molecule has 0 saturated carbocycles. The van der Waals surface area contributed by atoms with E-state index in [2.05, 4.69) is 42.6 Å². The summed E-state index contributed by atoms with van der Waals surface area (Å²) >= 11 is 7.74. The number of hydrazine groups is 1. The number of urea groups is 1. The summed E-state index contributed by atoms with van der Waals surface area (Å²) in [5, 5.41) is 3.18. The normalized spacial score (nSPS) is 20.7. The number of carbonyl (C=O) groups is 3. The molecule has 3 rings (SSSR count). The van der Waals surface area contributed by atoms with Crippen LogP contribution in [0, 0.1) is 0 Å². The number of thiophene rings is 1. The first-order valence-corrected chi connectivity index (χ1v) is 8.69. The van der Waals surface area contributed by atoms with E-state index in [9.17, 15) is 14.4 Å². The van der Waals surface area contributed by atoms with Gasteiger partial charge >= 0.3 is 6.03 Å². The van der Waals surface area contributed by atoms with Crippen LogP contribution < -0.4 is 10.7 Å². The second-order valence-electron chi connectivity index (χ2n) is 4.85. The molecule has 1 atom stereocenters. The van der Waals surface area contributed by atoms with Crippen LogP contribution in [0.1, 0.15) is 22.4 Å². The molecule has 2 aromatic rings. The highest BCUT2D eigenvalue weighted by Crippen LogP contribution is 2.33. The van der Waals surface area contributed by atoms with Gasteiger partial charge in [0.05, 0.1) is 14.9 Å². The van der Waals surface area contributed by atoms with Crippen LogP contribution in [0.5, 0.6) is 0 Å². The Morgan fingerprint density at radius 2 is 2.17 bits per heavy atom. The van der Waals surface area contributed by atoms with Gasteiger partial charge < -0.3 is 9.73 Å². The summed E-state index contributed by atoms with van der Waals surface area (Å²) in [7, 11) is 0. The fourth-order valence-electron chi connectivity index (χ4n) is 2.09. The standard InChI is InChI=1S/C13H9Br2N3O4S/c1-13(8-3-2-4-22-8)11(20)18(12(21)16-13)17-10(19)7-5-6(14)9(15)23-7/h2-5H,1H3,(H,16,21)(H,17,19)/t13-/m1/s1. The molecule has 2 N–H and O–H groups in total. The average Bonchev–Trinajstić information content (AvgIpc) is 3.18. The molecule has 1 saturated heterocycles. The first-order chi connectivity index (χ1) is 10.8. The molecular formula is C13H9Br2N3O4S. The zero-order chi connectivity index (χ0) is 16.8. The third-order valence-corrected chi connectivity index (χ3v) is 6.54. The van der Waals surface area contributed by atoms with Crippen LogP contribution in [0.2, 0.25) is 0 Å². The lowest BCUT2D eigenvalue weighted by molar-refractivity contribution is -0.133. The molecule has 1 aliphatic rings. The van der Waals surface area contributed by atoms with Crippen LogP contribution in [0.15, 0.2) is 37.1 Å². The quantitative estimate of drug-likeness (QED) is 0.686. The van der Waals surface area contributed by atoms with E-state index in [1.165, 1.54) is 24.5 Å². The highest BCUT2D eigenvalue weighted by atomic mass is 79.9. The molecule has 0 bridgehead atoms. The fraction of sp³-hybridized carbons (Fsp3) is 0.154. The summed E-state index contributed by atoms with van der Waals surface area (Å²) in [4.78, 5) is 37.1. The molecule has 3 heterocycles. The predicted molar refractivity (Wildman–Crippen MR) is 88.6 cm³/mol. The number of nitrogens with zero attached hydrogens (tertiary/aromatic N) is 1. The van der Waals surface area contributed by atoms with E-state index < -0.39 is 23.4 Å². The van der Waals surface area contributed by atoms with Gasteiger partial charge in [-0.2, -0.15) is 5.01 Å². The summed E-state index contributed by atoms with van der Waals surface area (Å²) in [6, 6.07) is 4.06. The number of hydrogen-bond donors (Lipinski definition) is 2. The van der Waals surface area contributed by atoms with Crippen LogP contribution in [0.4, 0.5) is 4.79 Å². The van der Waals surface area contributed by atoms with E-state index in [0.717, 1.165) is 3.79 Å². The minimum atomic E-state index is -1.36. The minimum Gasteiger partial charge on any atom is -0.466 e. The molecule has 1 aliphatic heterocycles.